The highest BCUT2D eigenvalue weighted by Gasteiger charge is 2.61. The molecule has 4 heteroatoms. The van der Waals surface area contributed by atoms with E-state index in [1.165, 1.54) is 5.57 Å². The van der Waals surface area contributed by atoms with E-state index in [1.54, 1.807) is 13.2 Å². The summed E-state index contributed by atoms with van der Waals surface area (Å²) in [5.41, 5.74) is 1.06. The highest BCUT2D eigenvalue weighted by molar-refractivity contribution is 5.91. The van der Waals surface area contributed by atoms with Crippen LogP contribution in [-0.4, -0.2) is 25.4 Å². The van der Waals surface area contributed by atoms with E-state index in [1.807, 2.05) is 0 Å². The maximum Gasteiger partial charge on any atom is 0.241 e. The number of ether oxygens (including phenoxy) is 1. The average molecular weight is 338 g/mol. The highest BCUT2D eigenvalue weighted by atomic mass is 19.3. The second-order valence-corrected chi connectivity index (χ2v) is 8.73. The summed E-state index contributed by atoms with van der Waals surface area (Å²) in [6.45, 7) is 2.19. The first-order valence-corrected chi connectivity index (χ1v) is 9.50. The molecule has 0 heterocycles. The molecular weight excluding hydrogens is 310 g/mol. The summed E-state index contributed by atoms with van der Waals surface area (Å²) in [5.74, 6) is 0.793. The van der Waals surface area contributed by atoms with Crippen LogP contribution in [0.1, 0.15) is 51.9 Å². The van der Waals surface area contributed by atoms with Gasteiger partial charge >= 0.3 is 0 Å². The molecule has 0 radical (unpaired) electrons. The van der Waals surface area contributed by atoms with Crippen molar-refractivity contribution >= 4 is 5.78 Å². The monoisotopic (exact) mass is 338 g/mol. The zero-order chi connectivity index (χ0) is 17.1. The Morgan fingerprint density at radius 1 is 1.21 bits per heavy atom. The van der Waals surface area contributed by atoms with Crippen LogP contribution in [0.5, 0.6) is 0 Å². The number of hydrogen-bond donors (Lipinski definition) is 0. The van der Waals surface area contributed by atoms with Crippen LogP contribution in [0, 0.1) is 35.0 Å². The Bertz CT molecular complexity index is 558. The second kappa shape index (κ2) is 5.89. The Hall–Kier alpha value is -0.770. The number of alkyl halides is 2. The number of allylic oxidation sites excluding steroid dienone is 1. The number of halogens is 2. The smallest absolute Gasteiger partial charge is 0.241 e. The largest absolute Gasteiger partial charge is 0.381 e. The quantitative estimate of drug-likeness (QED) is 0.733. The number of hydrogen-bond acceptors (Lipinski definition) is 2. The van der Waals surface area contributed by atoms with Crippen molar-refractivity contribution in [2.24, 2.45) is 35.0 Å². The fraction of sp³-hybridized carbons (Fsp3) is 0.850. The highest BCUT2D eigenvalue weighted by Crippen LogP contribution is 2.64. The molecule has 0 aliphatic heterocycles. The van der Waals surface area contributed by atoms with Gasteiger partial charge in [-0.15, -0.1) is 0 Å². The molecule has 3 saturated carbocycles. The maximum atomic E-state index is 14.1. The van der Waals surface area contributed by atoms with Crippen molar-refractivity contribution in [1.29, 1.82) is 0 Å². The van der Waals surface area contributed by atoms with Gasteiger partial charge in [-0.2, -0.15) is 0 Å². The van der Waals surface area contributed by atoms with E-state index >= 15 is 0 Å². The minimum Gasteiger partial charge on any atom is -0.381 e. The molecule has 24 heavy (non-hydrogen) atoms. The van der Waals surface area contributed by atoms with E-state index in [2.05, 4.69) is 6.92 Å². The molecule has 0 amide bonds. The van der Waals surface area contributed by atoms with Crippen LogP contribution in [0.4, 0.5) is 8.78 Å². The van der Waals surface area contributed by atoms with Gasteiger partial charge in [0.05, 0.1) is 6.10 Å². The summed E-state index contributed by atoms with van der Waals surface area (Å²) >= 11 is 0. The van der Waals surface area contributed by atoms with Gasteiger partial charge in [0, 0.05) is 19.4 Å². The first-order chi connectivity index (χ1) is 11.5. The molecule has 134 valence electrons. The molecule has 0 aromatic rings. The lowest BCUT2D eigenvalue weighted by Crippen LogP contribution is -2.53. The molecular formula is C20H28F2O2. The van der Waals surface area contributed by atoms with Crippen molar-refractivity contribution in [3.05, 3.63) is 11.6 Å². The molecule has 2 nitrogen and oxygen atoms in total. The van der Waals surface area contributed by atoms with Crippen LogP contribution in [0.2, 0.25) is 0 Å². The van der Waals surface area contributed by atoms with Gasteiger partial charge in [-0.25, -0.2) is 8.78 Å². The van der Waals surface area contributed by atoms with Crippen molar-refractivity contribution in [3.8, 4) is 0 Å². The number of ketones is 1. The molecule has 0 aromatic carbocycles. The van der Waals surface area contributed by atoms with Crippen LogP contribution in [0.3, 0.4) is 0 Å². The van der Waals surface area contributed by atoms with E-state index in [0.29, 0.717) is 24.7 Å². The normalized spacial score (nSPS) is 47.9. The number of methoxy groups -OCH3 is 1. The first-order valence-electron chi connectivity index (χ1n) is 9.50. The Balaban J connectivity index is 1.71. The lowest BCUT2D eigenvalue weighted by atomic mass is 9.49. The summed E-state index contributed by atoms with van der Waals surface area (Å²) in [6.07, 6.45) is 5.54. The predicted molar refractivity (Wildman–Crippen MR) is 87.8 cm³/mol. The van der Waals surface area contributed by atoms with Gasteiger partial charge in [-0.05, 0) is 73.7 Å². The molecule has 0 bridgehead atoms. The number of carbonyl (C=O) groups excluding carboxylic acids is 1. The van der Waals surface area contributed by atoms with Crippen LogP contribution in [-0.2, 0) is 9.53 Å². The molecule has 0 saturated heterocycles. The van der Waals surface area contributed by atoms with Gasteiger partial charge < -0.3 is 4.74 Å². The van der Waals surface area contributed by atoms with Crippen molar-refractivity contribution in [2.45, 2.75) is 64.4 Å². The van der Waals surface area contributed by atoms with Gasteiger partial charge in [-0.3, -0.25) is 4.79 Å². The lowest BCUT2D eigenvalue weighted by Gasteiger charge is -2.56. The van der Waals surface area contributed by atoms with Gasteiger partial charge in [0.1, 0.15) is 0 Å². The zero-order valence-corrected chi connectivity index (χ0v) is 14.6. The molecule has 4 rings (SSSR count). The topological polar surface area (TPSA) is 26.3 Å². The van der Waals surface area contributed by atoms with Crippen LogP contribution in [0.15, 0.2) is 11.6 Å². The molecule has 0 spiro atoms. The third-order valence-electron chi connectivity index (χ3n) is 7.87. The number of fused-ring (bicyclic) bond motifs is 5. The third kappa shape index (κ3) is 2.32. The summed E-state index contributed by atoms with van der Waals surface area (Å²) in [5, 5.41) is 0. The van der Waals surface area contributed by atoms with Crippen molar-refractivity contribution in [2.75, 3.05) is 7.11 Å². The summed E-state index contributed by atoms with van der Waals surface area (Å²) in [4.78, 5) is 11.8. The summed E-state index contributed by atoms with van der Waals surface area (Å²) < 4.78 is 33.8. The van der Waals surface area contributed by atoms with Crippen molar-refractivity contribution in [1.82, 2.24) is 0 Å². The van der Waals surface area contributed by atoms with Crippen molar-refractivity contribution in [3.63, 3.8) is 0 Å². The Kier molecular flexibility index (Phi) is 4.10. The predicted octanol–water partition coefficient (Wildman–Crippen LogP) is 4.63. The molecule has 4 aliphatic rings. The first kappa shape index (κ1) is 16.7. The maximum absolute atomic E-state index is 14.1. The van der Waals surface area contributed by atoms with Gasteiger partial charge in [-0.1, -0.05) is 12.5 Å². The summed E-state index contributed by atoms with van der Waals surface area (Å²) in [7, 11) is 1.73. The average Bonchev–Trinajstić information content (AvgIpc) is 2.89. The van der Waals surface area contributed by atoms with E-state index in [-0.39, 0.29) is 29.1 Å². The Labute approximate surface area is 143 Å². The minimum absolute atomic E-state index is 0.0618. The van der Waals surface area contributed by atoms with E-state index in [0.717, 1.165) is 32.1 Å². The molecule has 3 fully saturated rings. The van der Waals surface area contributed by atoms with Crippen LogP contribution < -0.4 is 0 Å². The zero-order valence-electron chi connectivity index (χ0n) is 14.6. The number of rotatable bonds is 2. The van der Waals surface area contributed by atoms with Gasteiger partial charge in [0.15, 0.2) is 5.78 Å². The lowest BCUT2D eigenvalue weighted by molar-refractivity contribution is -0.133. The van der Waals surface area contributed by atoms with Gasteiger partial charge in [0.25, 0.3) is 0 Å². The van der Waals surface area contributed by atoms with Crippen molar-refractivity contribution < 1.29 is 18.3 Å². The molecule has 0 unspecified atom stereocenters. The Morgan fingerprint density at radius 2 is 2.00 bits per heavy atom. The second-order valence-electron chi connectivity index (χ2n) is 8.73. The van der Waals surface area contributed by atoms with E-state index in [9.17, 15) is 13.6 Å². The fourth-order valence-corrected chi connectivity index (χ4v) is 6.98. The minimum atomic E-state index is -2.27. The summed E-state index contributed by atoms with van der Waals surface area (Å²) in [6, 6.07) is 0. The Morgan fingerprint density at radius 3 is 2.71 bits per heavy atom. The van der Waals surface area contributed by atoms with Crippen LogP contribution in [0.25, 0.3) is 0 Å². The van der Waals surface area contributed by atoms with E-state index < -0.39 is 12.3 Å². The van der Waals surface area contributed by atoms with E-state index in [4.69, 9.17) is 4.74 Å². The standard InChI is InChI=1S/C20H28F2O2/c1-20-10-15(19(21)22)18-13-6-4-12(23)9-11(13)3-5-14(18)16(20)7-8-17(20)24-2/h9,13-19H,3-8,10H2,1-2H3/t13-,14-,15-,16-,17-,18+,20-/m0/s1. The van der Waals surface area contributed by atoms with Gasteiger partial charge in [0.2, 0.25) is 6.43 Å². The molecule has 7 atom stereocenters. The SMILES string of the molecule is CO[C@H]1CC[C@H]2[C@@H]3CCC4=CC(=O)CC[C@@H]4[C@H]3[C@@H](C(F)F)C[C@]12C. The molecule has 4 aliphatic carbocycles. The third-order valence-corrected chi connectivity index (χ3v) is 7.87. The fourth-order valence-electron chi connectivity index (χ4n) is 6.98. The number of carbonyl (C=O) groups is 1. The molecule has 0 N–H and O–H groups in total. The van der Waals surface area contributed by atoms with Crippen LogP contribution >= 0.6 is 0 Å². The molecule has 0 aromatic heterocycles.